The molecular weight excluding hydrogens is 385 g/mol. The van der Waals surface area contributed by atoms with Crippen molar-refractivity contribution in [3.63, 3.8) is 0 Å². The van der Waals surface area contributed by atoms with Crippen LogP contribution in [0.15, 0.2) is 12.1 Å². The number of amides is 2. The number of likely N-dealkylation sites (tertiary alicyclic amines) is 1. The molecule has 1 aliphatic heterocycles. The zero-order valence-corrected chi connectivity index (χ0v) is 16.9. The van der Waals surface area contributed by atoms with E-state index < -0.39 is 29.0 Å². The van der Waals surface area contributed by atoms with Gasteiger partial charge < -0.3 is 15.5 Å². The predicted octanol–water partition coefficient (Wildman–Crippen LogP) is 2.35. The predicted molar refractivity (Wildman–Crippen MR) is 105 cm³/mol. The van der Waals surface area contributed by atoms with E-state index in [0.717, 1.165) is 51.0 Å². The highest BCUT2D eigenvalue weighted by Gasteiger charge is 2.22. The molecule has 1 aromatic carbocycles. The molecule has 0 radical (unpaired) electrons. The molecule has 0 bridgehead atoms. The molecule has 1 aliphatic rings. The fourth-order valence-electron chi connectivity index (χ4n) is 3.42. The Bertz CT molecular complexity index is 709. The van der Waals surface area contributed by atoms with Crippen molar-refractivity contribution in [2.45, 2.75) is 39.2 Å². The number of hydrogen-bond acceptors (Lipinski definition) is 4. The van der Waals surface area contributed by atoms with Crippen LogP contribution in [0.25, 0.3) is 0 Å². The van der Waals surface area contributed by atoms with E-state index in [9.17, 15) is 22.8 Å². The van der Waals surface area contributed by atoms with Crippen molar-refractivity contribution in [2.75, 3.05) is 44.6 Å². The average Bonchev–Trinajstić information content (AvgIpc) is 2.69. The highest BCUT2D eigenvalue weighted by Crippen LogP contribution is 2.19. The molecule has 0 spiro atoms. The maximum Gasteiger partial charge on any atom is 0.238 e. The van der Waals surface area contributed by atoms with Crippen LogP contribution >= 0.6 is 0 Å². The van der Waals surface area contributed by atoms with Crippen LogP contribution in [0.5, 0.6) is 0 Å². The number of piperidine rings is 1. The molecule has 1 fully saturated rings. The Balaban J connectivity index is 1.86. The highest BCUT2D eigenvalue weighted by atomic mass is 19.2. The van der Waals surface area contributed by atoms with Crippen LogP contribution < -0.4 is 10.6 Å². The summed E-state index contributed by atoms with van der Waals surface area (Å²) in [5.74, 6) is -5.18. The number of hydrogen-bond donors (Lipinski definition) is 2. The molecule has 0 aliphatic carbocycles. The van der Waals surface area contributed by atoms with Crippen LogP contribution in [0.2, 0.25) is 0 Å². The summed E-state index contributed by atoms with van der Waals surface area (Å²) in [6.45, 7) is 7.29. The first kappa shape index (κ1) is 23.2. The SMILES string of the molecule is CCCN(CC(=O)Nc1ccc(F)c(F)c1F)CC(=O)NC1CCN(CC)CC1. The third-order valence-electron chi connectivity index (χ3n) is 4.98. The zero-order chi connectivity index (χ0) is 21.4. The van der Waals surface area contributed by atoms with Gasteiger partial charge >= 0.3 is 0 Å². The van der Waals surface area contributed by atoms with E-state index in [1.165, 1.54) is 0 Å². The van der Waals surface area contributed by atoms with Gasteiger partial charge in [-0.15, -0.1) is 0 Å². The van der Waals surface area contributed by atoms with Gasteiger partial charge in [0.05, 0.1) is 18.8 Å². The zero-order valence-electron chi connectivity index (χ0n) is 16.9. The lowest BCUT2D eigenvalue weighted by Gasteiger charge is -2.32. The fourth-order valence-corrected chi connectivity index (χ4v) is 3.42. The minimum Gasteiger partial charge on any atom is -0.352 e. The standard InChI is InChI=1S/C20H29F3N4O2/c1-3-9-27(12-17(28)24-14-7-10-26(4-2)11-8-14)13-18(29)25-16-6-5-15(21)19(22)20(16)23/h5-6,14H,3-4,7-13H2,1-2H3,(H,24,28)(H,25,29). The number of halogens is 3. The Morgan fingerprint density at radius 2 is 1.72 bits per heavy atom. The molecule has 29 heavy (non-hydrogen) atoms. The molecule has 0 saturated carbocycles. The number of rotatable bonds is 9. The molecule has 0 aromatic heterocycles. The molecule has 2 rings (SSSR count). The van der Waals surface area contributed by atoms with Crippen LogP contribution in [0.4, 0.5) is 18.9 Å². The Morgan fingerprint density at radius 3 is 2.34 bits per heavy atom. The van der Waals surface area contributed by atoms with Crippen LogP contribution in [0.1, 0.15) is 33.1 Å². The average molecular weight is 414 g/mol. The van der Waals surface area contributed by atoms with Crippen LogP contribution in [-0.4, -0.2) is 66.9 Å². The van der Waals surface area contributed by atoms with E-state index in [4.69, 9.17) is 0 Å². The van der Waals surface area contributed by atoms with E-state index in [-0.39, 0.29) is 25.0 Å². The number of anilines is 1. The van der Waals surface area contributed by atoms with Gasteiger partial charge in [-0.2, -0.15) is 0 Å². The number of carbonyl (C=O) groups is 2. The van der Waals surface area contributed by atoms with Crippen molar-refractivity contribution in [3.8, 4) is 0 Å². The second-order valence-corrected chi connectivity index (χ2v) is 7.26. The second kappa shape index (κ2) is 11.2. The van der Waals surface area contributed by atoms with Gasteiger partial charge in [0.1, 0.15) is 0 Å². The molecule has 6 nitrogen and oxygen atoms in total. The molecular formula is C20H29F3N4O2. The van der Waals surface area contributed by atoms with Crippen LogP contribution in [-0.2, 0) is 9.59 Å². The number of nitrogens with one attached hydrogen (secondary N) is 2. The van der Waals surface area contributed by atoms with Gasteiger partial charge in [0.2, 0.25) is 11.8 Å². The topological polar surface area (TPSA) is 64.7 Å². The van der Waals surface area contributed by atoms with Gasteiger partial charge in [0.15, 0.2) is 17.5 Å². The van der Waals surface area contributed by atoms with Gasteiger partial charge in [-0.05, 0) is 44.5 Å². The largest absolute Gasteiger partial charge is 0.352 e. The minimum absolute atomic E-state index is 0.0372. The van der Waals surface area contributed by atoms with Crippen molar-refractivity contribution < 1.29 is 22.8 Å². The normalized spacial score (nSPS) is 15.5. The Labute approximate surface area is 169 Å². The summed E-state index contributed by atoms with van der Waals surface area (Å²) >= 11 is 0. The molecule has 1 saturated heterocycles. The highest BCUT2D eigenvalue weighted by molar-refractivity contribution is 5.92. The molecule has 1 heterocycles. The number of benzene rings is 1. The third-order valence-corrected chi connectivity index (χ3v) is 4.98. The van der Waals surface area contributed by atoms with Gasteiger partial charge in [0.25, 0.3) is 0 Å². The maximum atomic E-state index is 13.7. The monoisotopic (exact) mass is 414 g/mol. The van der Waals surface area contributed by atoms with E-state index in [1.807, 2.05) is 6.92 Å². The molecule has 9 heteroatoms. The van der Waals surface area contributed by atoms with Gasteiger partial charge in [0, 0.05) is 19.1 Å². The Morgan fingerprint density at radius 1 is 1.07 bits per heavy atom. The maximum absolute atomic E-state index is 13.7. The third kappa shape index (κ3) is 7.01. The van der Waals surface area contributed by atoms with Gasteiger partial charge in [-0.3, -0.25) is 14.5 Å². The van der Waals surface area contributed by atoms with Crippen molar-refractivity contribution in [1.29, 1.82) is 0 Å². The smallest absolute Gasteiger partial charge is 0.238 e. The van der Waals surface area contributed by atoms with E-state index >= 15 is 0 Å². The van der Waals surface area contributed by atoms with Gasteiger partial charge in [-0.25, -0.2) is 13.2 Å². The lowest BCUT2D eigenvalue weighted by Crippen LogP contribution is -2.48. The first-order valence-corrected chi connectivity index (χ1v) is 10.0. The second-order valence-electron chi connectivity index (χ2n) is 7.26. The molecule has 2 N–H and O–H groups in total. The van der Waals surface area contributed by atoms with Crippen molar-refractivity contribution in [3.05, 3.63) is 29.6 Å². The summed E-state index contributed by atoms with van der Waals surface area (Å²) in [6.07, 6.45) is 2.50. The summed E-state index contributed by atoms with van der Waals surface area (Å²) in [5, 5.41) is 5.24. The van der Waals surface area contributed by atoms with Crippen LogP contribution in [0.3, 0.4) is 0 Å². The van der Waals surface area contributed by atoms with Crippen molar-refractivity contribution >= 4 is 17.5 Å². The lowest BCUT2D eigenvalue weighted by molar-refractivity contribution is -0.124. The number of carbonyl (C=O) groups excluding carboxylic acids is 2. The first-order chi connectivity index (χ1) is 13.8. The fraction of sp³-hybridized carbons (Fsp3) is 0.600. The van der Waals surface area contributed by atoms with Crippen molar-refractivity contribution in [1.82, 2.24) is 15.1 Å². The Hall–Kier alpha value is -2.13. The summed E-state index contributed by atoms with van der Waals surface area (Å²) in [7, 11) is 0. The quantitative estimate of drug-likeness (QED) is 0.609. The van der Waals surface area contributed by atoms with Crippen LogP contribution in [0, 0.1) is 17.5 Å². The van der Waals surface area contributed by atoms with Crippen molar-refractivity contribution in [2.24, 2.45) is 0 Å². The Kier molecular flexibility index (Phi) is 8.91. The molecule has 2 amide bonds. The van der Waals surface area contributed by atoms with Gasteiger partial charge in [-0.1, -0.05) is 13.8 Å². The summed E-state index contributed by atoms with van der Waals surface area (Å²) in [6, 6.07) is 1.83. The summed E-state index contributed by atoms with van der Waals surface area (Å²) < 4.78 is 40.0. The van der Waals surface area contributed by atoms with E-state index in [1.54, 1.807) is 4.90 Å². The van der Waals surface area contributed by atoms with E-state index in [2.05, 4.69) is 22.5 Å². The summed E-state index contributed by atoms with van der Waals surface area (Å²) in [4.78, 5) is 28.6. The molecule has 1 aromatic rings. The van der Waals surface area contributed by atoms with E-state index in [0.29, 0.717) is 6.54 Å². The minimum atomic E-state index is -1.64. The molecule has 0 atom stereocenters. The molecule has 0 unspecified atom stereocenters. The first-order valence-electron chi connectivity index (χ1n) is 10.0. The number of nitrogens with zero attached hydrogens (tertiary/aromatic N) is 2. The lowest BCUT2D eigenvalue weighted by atomic mass is 10.1. The summed E-state index contributed by atoms with van der Waals surface area (Å²) in [5.41, 5.74) is -0.433. The molecule has 162 valence electrons.